The predicted molar refractivity (Wildman–Crippen MR) is 109 cm³/mol. The van der Waals surface area contributed by atoms with Crippen LogP contribution in [0.1, 0.15) is 79.7 Å². The van der Waals surface area contributed by atoms with Crippen LogP contribution in [-0.4, -0.2) is 6.29 Å². The molecule has 0 spiro atoms. The molecule has 0 aliphatic heterocycles. The highest BCUT2D eigenvalue weighted by atomic mass is 16.5. The zero-order chi connectivity index (χ0) is 19.7. The molecule has 0 amide bonds. The van der Waals surface area contributed by atoms with Crippen molar-refractivity contribution in [2.75, 3.05) is 0 Å². The Hall–Kier alpha value is -2.09. The first-order valence-electron chi connectivity index (χ1n) is 9.27. The van der Waals surface area contributed by atoms with Crippen molar-refractivity contribution in [3.05, 3.63) is 63.7 Å². The van der Waals surface area contributed by atoms with Gasteiger partial charge in [0, 0.05) is 11.1 Å². The molecule has 0 unspecified atom stereocenters. The molecule has 0 bridgehead atoms. The van der Waals surface area contributed by atoms with Crippen LogP contribution in [0, 0.1) is 13.8 Å². The van der Waals surface area contributed by atoms with E-state index in [0.717, 1.165) is 39.9 Å². The van der Waals surface area contributed by atoms with Crippen LogP contribution in [0.15, 0.2) is 30.3 Å². The van der Waals surface area contributed by atoms with Crippen molar-refractivity contribution < 1.29 is 9.53 Å². The van der Waals surface area contributed by atoms with E-state index in [1.54, 1.807) is 0 Å². The van der Waals surface area contributed by atoms with Crippen LogP contribution >= 0.6 is 0 Å². The van der Waals surface area contributed by atoms with Gasteiger partial charge in [0.25, 0.3) is 0 Å². The minimum Gasteiger partial charge on any atom is -0.488 e. The molecule has 0 fully saturated rings. The number of rotatable bonds is 4. The second kappa shape index (κ2) is 7.26. The summed E-state index contributed by atoms with van der Waals surface area (Å²) in [4.78, 5) is 11.9. The maximum atomic E-state index is 11.9. The number of ether oxygens (including phenoxy) is 1. The van der Waals surface area contributed by atoms with Crippen LogP contribution < -0.4 is 4.74 Å². The first-order chi connectivity index (χ1) is 11.9. The molecule has 26 heavy (non-hydrogen) atoms. The first-order valence-corrected chi connectivity index (χ1v) is 9.27. The lowest BCUT2D eigenvalue weighted by molar-refractivity contribution is 0.111. The van der Waals surface area contributed by atoms with Crippen LogP contribution in [0.2, 0.25) is 0 Å². The second-order valence-corrected chi connectivity index (χ2v) is 9.22. The molecule has 0 N–H and O–H groups in total. The minimum atomic E-state index is -0.106. The van der Waals surface area contributed by atoms with E-state index in [4.69, 9.17) is 4.74 Å². The summed E-state index contributed by atoms with van der Waals surface area (Å²) in [6.07, 6.45) is 0.983. The predicted octanol–water partition coefficient (Wildman–Crippen LogP) is 6.29. The second-order valence-electron chi connectivity index (χ2n) is 9.22. The Morgan fingerprint density at radius 1 is 0.923 bits per heavy atom. The number of carbonyl (C=O) groups excluding carboxylic acids is 1. The zero-order valence-corrected chi connectivity index (χ0v) is 17.5. The normalized spacial score (nSPS) is 12.2. The van der Waals surface area contributed by atoms with Gasteiger partial charge in [-0.3, -0.25) is 4.79 Å². The van der Waals surface area contributed by atoms with Crippen molar-refractivity contribution in [2.24, 2.45) is 0 Å². The van der Waals surface area contributed by atoms with Gasteiger partial charge in [0.2, 0.25) is 0 Å². The van der Waals surface area contributed by atoms with Crippen LogP contribution in [0.25, 0.3) is 0 Å². The third-order valence-corrected chi connectivity index (χ3v) is 4.84. The van der Waals surface area contributed by atoms with Crippen LogP contribution in [0.3, 0.4) is 0 Å². The van der Waals surface area contributed by atoms with Crippen molar-refractivity contribution in [2.45, 2.75) is 72.8 Å². The lowest BCUT2D eigenvalue weighted by Gasteiger charge is -2.28. The van der Waals surface area contributed by atoms with Gasteiger partial charge < -0.3 is 4.74 Å². The van der Waals surface area contributed by atoms with Gasteiger partial charge in [0.15, 0.2) is 6.29 Å². The van der Waals surface area contributed by atoms with Gasteiger partial charge in [-0.1, -0.05) is 71.9 Å². The van der Waals surface area contributed by atoms with Gasteiger partial charge in [0.1, 0.15) is 12.4 Å². The Bertz CT molecular complexity index is 782. The number of aryl methyl sites for hydroxylation is 2. The molecule has 0 aliphatic carbocycles. The van der Waals surface area contributed by atoms with Gasteiger partial charge in [-0.2, -0.15) is 0 Å². The summed E-state index contributed by atoms with van der Waals surface area (Å²) in [5.41, 5.74) is 6.16. The third-order valence-electron chi connectivity index (χ3n) is 4.84. The van der Waals surface area contributed by atoms with Gasteiger partial charge in [-0.05, 0) is 46.9 Å². The Kier molecular flexibility index (Phi) is 5.65. The van der Waals surface area contributed by atoms with E-state index in [9.17, 15) is 4.79 Å². The van der Waals surface area contributed by atoms with E-state index in [1.165, 1.54) is 5.56 Å². The highest BCUT2D eigenvalue weighted by Gasteiger charge is 2.25. The summed E-state index contributed by atoms with van der Waals surface area (Å²) in [6, 6.07) is 10.5. The van der Waals surface area contributed by atoms with Crippen LogP contribution in [-0.2, 0) is 17.4 Å². The smallest absolute Gasteiger partial charge is 0.150 e. The molecule has 2 aromatic rings. The quantitative estimate of drug-likeness (QED) is 0.604. The summed E-state index contributed by atoms with van der Waals surface area (Å²) in [5.74, 6) is 0.905. The maximum absolute atomic E-state index is 11.9. The SMILES string of the molecule is Cc1cccc(C)c1OCc1cc(C(C)(C)C)cc(C(C)(C)C)c1C=O. The molecule has 0 heterocycles. The number of aldehydes is 1. The molecule has 2 nitrogen and oxygen atoms in total. The number of hydrogen-bond acceptors (Lipinski definition) is 2. The minimum absolute atomic E-state index is 0.00868. The van der Waals surface area contributed by atoms with Gasteiger partial charge >= 0.3 is 0 Å². The molecule has 2 heteroatoms. The average molecular weight is 353 g/mol. The lowest BCUT2D eigenvalue weighted by Crippen LogP contribution is -2.20. The Labute approximate surface area is 158 Å². The van der Waals surface area contributed by atoms with Gasteiger partial charge in [0.05, 0.1) is 0 Å². The van der Waals surface area contributed by atoms with Crippen molar-refractivity contribution in [3.63, 3.8) is 0 Å². The molecule has 2 rings (SSSR count). The summed E-state index contributed by atoms with van der Waals surface area (Å²) in [6.45, 7) is 17.5. The van der Waals surface area contributed by atoms with E-state index >= 15 is 0 Å². The molecule has 0 saturated carbocycles. The topological polar surface area (TPSA) is 26.3 Å². The first kappa shape index (κ1) is 20.2. The number of hydrogen-bond donors (Lipinski definition) is 0. The Balaban J connectivity index is 2.54. The molecule has 0 aliphatic rings. The number of benzene rings is 2. The van der Waals surface area contributed by atoms with E-state index < -0.39 is 0 Å². The van der Waals surface area contributed by atoms with E-state index in [2.05, 4.69) is 79.7 Å². The largest absolute Gasteiger partial charge is 0.488 e. The molecular formula is C24H32O2. The lowest BCUT2D eigenvalue weighted by atomic mass is 9.77. The van der Waals surface area contributed by atoms with E-state index in [1.807, 2.05) is 6.07 Å². The fourth-order valence-electron chi connectivity index (χ4n) is 3.20. The van der Waals surface area contributed by atoms with Crippen LogP contribution in [0.5, 0.6) is 5.75 Å². The molecule has 0 atom stereocenters. The average Bonchev–Trinajstić information content (AvgIpc) is 2.51. The fourth-order valence-corrected chi connectivity index (χ4v) is 3.20. The molecule has 0 aromatic heterocycles. The highest BCUT2D eigenvalue weighted by molar-refractivity contribution is 5.81. The summed E-state index contributed by atoms with van der Waals surface area (Å²) >= 11 is 0. The number of carbonyl (C=O) groups is 1. The van der Waals surface area contributed by atoms with Crippen molar-refractivity contribution >= 4 is 6.29 Å². The molecule has 0 radical (unpaired) electrons. The molecule has 0 saturated heterocycles. The van der Waals surface area contributed by atoms with E-state index in [-0.39, 0.29) is 10.8 Å². The van der Waals surface area contributed by atoms with Crippen molar-refractivity contribution in [1.82, 2.24) is 0 Å². The molecular weight excluding hydrogens is 320 g/mol. The maximum Gasteiger partial charge on any atom is 0.150 e. The van der Waals surface area contributed by atoms with Crippen LogP contribution in [0.4, 0.5) is 0 Å². The standard InChI is InChI=1S/C24H32O2/c1-16-10-9-11-17(2)22(16)26-15-18-12-19(23(3,4)5)13-21(20(18)14-25)24(6,7)8/h9-14H,15H2,1-8H3. The molecule has 2 aromatic carbocycles. The van der Waals surface area contributed by atoms with E-state index in [0.29, 0.717) is 6.61 Å². The summed E-state index contributed by atoms with van der Waals surface area (Å²) in [7, 11) is 0. The fraction of sp³-hybridized carbons (Fsp3) is 0.458. The number of para-hydroxylation sites is 1. The molecule has 140 valence electrons. The summed E-state index contributed by atoms with van der Waals surface area (Å²) < 4.78 is 6.17. The summed E-state index contributed by atoms with van der Waals surface area (Å²) in [5, 5.41) is 0. The Morgan fingerprint density at radius 2 is 1.50 bits per heavy atom. The third kappa shape index (κ3) is 4.35. The van der Waals surface area contributed by atoms with Gasteiger partial charge in [-0.15, -0.1) is 0 Å². The van der Waals surface area contributed by atoms with Crippen molar-refractivity contribution in [1.29, 1.82) is 0 Å². The van der Waals surface area contributed by atoms with Crippen molar-refractivity contribution in [3.8, 4) is 5.75 Å². The monoisotopic (exact) mass is 352 g/mol. The van der Waals surface area contributed by atoms with Gasteiger partial charge in [-0.25, -0.2) is 0 Å². The zero-order valence-electron chi connectivity index (χ0n) is 17.5. The Morgan fingerprint density at radius 3 is 1.96 bits per heavy atom. The highest BCUT2D eigenvalue weighted by Crippen LogP contribution is 2.34.